The van der Waals surface area contributed by atoms with Crippen LogP contribution in [0.4, 0.5) is 0 Å². The molecule has 114 valence electrons. The maximum absolute atomic E-state index is 12.3. The number of sulfonamides is 1. The van der Waals surface area contributed by atoms with Gasteiger partial charge >= 0.3 is 0 Å². The van der Waals surface area contributed by atoms with Gasteiger partial charge in [0.1, 0.15) is 4.90 Å². The molecule has 0 fully saturated rings. The second kappa shape index (κ2) is 6.15. The SMILES string of the molecule is Cc1nn(C)cc1CNS(=O)(=O)c1cc(CO)ccc1Cl. The van der Waals surface area contributed by atoms with Crippen molar-refractivity contribution in [3.05, 3.63) is 46.2 Å². The topological polar surface area (TPSA) is 84.2 Å². The van der Waals surface area contributed by atoms with Crippen molar-refractivity contribution in [2.24, 2.45) is 7.05 Å². The van der Waals surface area contributed by atoms with Gasteiger partial charge < -0.3 is 5.11 Å². The summed E-state index contributed by atoms with van der Waals surface area (Å²) in [6.45, 7) is 1.69. The Balaban J connectivity index is 2.24. The van der Waals surface area contributed by atoms with Crippen LogP contribution in [0.3, 0.4) is 0 Å². The second-order valence-electron chi connectivity index (χ2n) is 4.66. The molecular weight excluding hydrogens is 314 g/mol. The minimum absolute atomic E-state index is 0.0442. The highest BCUT2D eigenvalue weighted by atomic mass is 35.5. The van der Waals surface area contributed by atoms with Gasteiger partial charge in [0.05, 0.1) is 17.3 Å². The number of hydrogen-bond acceptors (Lipinski definition) is 4. The molecule has 0 spiro atoms. The Morgan fingerprint density at radius 2 is 2.14 bits per heavy atom. The van der Waals surface area contributed by atoms with Crippen molar-refractivity contribution in [3.63, 3.8) is 0 Å². The number of aliphatic hydroxyl groups is 1. The zero-order valence-electron chi connectivity index (χ0n) is 11.7. The summed E-state index contributed by atoms with van der Waals surface area (Å²) in [6.07, 6.45) is 1.75. The first-order valence-corrected chi connectivity index (χ1v) is 8.07. The molecule has 2 aromatic rings. The molecule has 0 atom stereocenters. The number of rotatable bonds is 5. The molecule has 1 heterocycles. The number of benzene rings is 1. The van der Waals surface area contributed by atoms with Gasteiger partial charge in [0.25, 0.3) is 0 Å². The van der Waals surface area contributed by atoms with Crippen LogP contribution in [-0.4, -0.2) is 23.3 Å². The van der Waals surface area contributed by atoms with E-state index in [0.29, 0.717) is 5.56 Å². The van der Waals surface area contributed by atoms with Crippen LogP contribution in [0.2, 0.25) is 5.02 Å². The van der Waals surface area contributed by atoms with E-state index in [1.165, 1.54) is 12.1 Å². The molecule has 0 amide bonds. The highest BCUT2D eigenvalue weighted by molar-refractivity contribution is 7.89. The van der Waals surface area contributed by atoms with E-state index >= 15 is 0 Å². The van der Waals surface area contributed by atoms with Gasteiger partial charge in [-0.05, 0) is 24.6 Å². The fourth-order valence-corrected chi connectivity index (χ4v) is 3.48. The summed E-state index contributed by atoms with van der Waals surface area (Å²) in [4.78, 5) is -0.0442. The lowest BCUT2D eigenvalue weighted by Gasteiger charge is -2.09. The molecule has 0 aliphatic carbocycles. The van der Waals surface area contributed by atoms with Gasteiger partial charge in [0.15, 0.2) is 0 Å². The lowest BCUT2D eigenvalue weighted by Crippen LogP contribution is -2.24. The molecule has 8 heteroatoms. The van der Waals surface area contributed by atoms with Crippen LogP contribution >= 0.6 is 11.6 Å². The first kappa shape index (κ1) is 16.0. The minimum atomic E-state index is -3.76. The fourth-order valence-electron chi connectivity index (χ4n) is 1.92. The number of aliphatic hydroxyl groups excluding tert-OH is 1. The standard InChI is InChI=1S/C13H16ClN3O3S/c1-9-11(7-17(2)16-9)6-15-21(19,20)13-5-10(8-18)3-4-12(13)14/h3-5,7,15,18H,6,8H2,1-2H3. The smallest absolute Gasteiger partial charge is 0.242 e. The maximum atomic E-state index is 12.3. The number of nitrogens with zero attached hydrogens (tertiary/aromatic N) is 2. The fraction of sp³-hybridized carbons (Fsp3) is 0.308. The quantitative estimate of drug-likeness (QED) is 0.867. The molecule has 0 unspecified atom stereocenters. The van der Waals surface area contributed by atoms with Crippen molar-refractivity contribution in [2.75, 3.05) is 0 Å². The Kier molecular flexibility index (Phi) is 4.67. The number of halogens is 1. The lowest BCUT2D eigenvalue weighted by molar-refractivity contribution is 0.281. The summed E-state index contributed by atoms with van der Waals surface area (Å²) in [6, 6.07) is 4.39. The van der Waals surface area contributed by atoms with Gasteiger partial charge in [0.2, 0.25) is 10.0 Å². The summed E-state index contributed by atoms with van der Waals surface area (Å²) in [7, 11) is -1.99. The molecule has 0 bridgehead atoms. The van der Waals surface area contributed by atoms with Gasteiger partial charge in [-0.3, -0.25) is 4.68 Å². The number of aromatic nitrogens is 2. The average molecular weight is 330 g/mol. The third-order valence-corrected chi connectivity index (χ3v) is 4.92. The van der Waals surface area contributed by atoms with Crippen molar-refractivity contribution in [1.82, 2.24) is 14.5 Å². The van der Waals surface area contributed by atoms with E-state index in [1.807, 2.05) is 6.92 Å². The average Bonchev–Trinajstić information content (AvgIpc) is 2.75. The first-order chi connectivity index (χ1) is 9.83. The molecule has 0 radical (unpaired) electrons. The highest BCUT2D eigenvalue weighted by Gasteiger charge is 2.19. The Labute approximate surface area is 128 Å². The number of hydrogen-bond donors (Lipinski definition) is 2. The van der Waals surface area contributed by atoms with Crippen molar-refractivity contribution in [3.8, 4) is 0 Å². The van der Waals surface area contributed by atoms with Crippen LogP contribution in [0.25, 0.3) is 0 Å². The summed E-state index contributed by atoms with van der Waals surface area (Å²) in [5.41, 5.74) is 2.03. The van der Waals surface area contributed by atoms with E-state index in [2.05, 4.69) is 9.82 Å². The molecule has 2 rings (SSSR count). The van der Waals surface area contributed by atoms with Gasteiger partial charge in [-0.1, -0.05) is 17.7 Å². The largest absolute Gasteiger partial charge is 0.392 e. The zero-order chi connectivity index (χ0) is 15.6. The Morgan fingerprint density at radius 3 is 2.71 bits per heavy atom. The van der Waals surface area contributed by atoms with E-state index in [-0.39, 0.29) is 23.1 Å². The Morgan fingerprint density at radius 1 is 1.43 bits per heavy atom. The lowest BCUT2D eigenvalue weighted by atomic mass is 10.2. The van der Waals surface area contributed by atoms with Crippen molar-refractivity contribution >= 4 is 21.6 Å². The van der Waals surface area contributed by atoms with E-state index in [0.717, 1.165) is 11.3 Å². The predicted molar refractivity (Wildman–Crippen MR) is 79.3 cm³/mol. The van der Waals surface area contributed by atoms with Crippen LogP contribution in [0, 0.1) is 6.92 Å². The minimum Gasteiger partial charge on any atom is -0.392 e. The highest BCUT2D eigenvalue weighted by Crippen LogP contribution is 2.23. The third-order valence-electron chi connectivity index (χ3n) is 3.04. The summed E-state index contributed by atoms with van der Waals surface area (Å²) in [5, 5.41) is 13.4. The molecule has 0 aliphatic heterocycles. The Bertz CT molecular complexity index is 756. The van der Waals surface area contributed by atoms with Crippen LogP contribution in [0.5, 0.6) is 0 Å². The van der Waals surface area contributed by atoms with Crippen molar-refractivity contribution in [2.45, 2.75) is 25.0 Å². The molecular formula is C13H16ClN3O3S. The predicted octanol–water partition coefficient (Wildman–Crippen LogP) is 1.35. The molecule has 0 saturated carbocycles. The maximum Gasteiger partial charge on any atom is 0.242 e. The molecule has 1 aromatic carbocycles. The van der Waals surface area contributed by atoms with E-state index in [4.69, 9.17) is 16.7 Å². The van der Waals surface area contributed by atoms with Gasteiger partial charge in [-0.25, -0.2) is 13.1 Å². The zero-order valence-corrected chi connectivity index (χ0v) is 13.2. The van der Waals surface area contributed by atoms with Crippen molar-refractivity contribution in [1.29, 1.82) is 0 Å². The molecule has 2 N–H and O–H groups in total. The third kappa shape index (κ3) is 3.62. The molecule has 0 aliphatic rings. The molecule has 6 nitrogen and oxygen atoms in total. The first-order valence-electron chi connectivity index (χ1n) is 6.21. The van der Waals surface area contributed by atoms with E-state index in [1.54, 1.807) is 24.0 Å². The van der Waals surface area contributed by atoms with E-state index < -0.39 is 10.0 Å². The van der Waals surface area contributed by atoms with Gasteiger partial charge in [0, 0.05) is 25.4 Å². The molecule has 1 aromatic heterocycles. The van der Waals surface area contributed by atoms with Crippen LogP contribution in [0.15, 0.2) is 29.3 Å². The summed E-state index contributed by atoms with van der Waals surface area (Å²) in [5.74, 6) is 0. The van der Waals surface area contributed by atoms with E-state index in [9.17, 15) is 8.42 Å². The number of nitrogens with one attached hydrogen (secondary N) is 1. The summed E-state index contributed by atoms with van der Waals surface area (Å²) < 4.78 is 28.7. The molecule has 0 saturated heterocycles. The normalized spacial score (nSPS) is 11.8. The summed E-state index contributed by atoms with van der Waals surface area (Å²) >= 11 is 5.94. The number of aryl methyl sites for hydroxylation is 2. The van der Waals surface area contributed by atoms with Crippen molar-refractivity contribution < 1.29 is 13.5 Å². The Hall–Kier alpha value is -1.41. The molecule has 21 heavy (non-hydrogen) atoms. The van der Waals surface area contributed by atoms with Crippen LogP contribution in [0.1, 0.15) is 16.8 Å². The monoisotopic (exact) mass is 329 g/mol. The van der Waals surface area contributed by atoms with Crippen LogP contribution in [-0.2, 0) is 30.2 Å². The van der Waals surface area contributed by atoms with Gasteiger partial charge in [-0.2, -0.15) is 5.10 Å². The van der Waals surface area contributed by atoms with Gasteiger partial charge in [-0.15, -0.1) is 0 Å². The van der Waals surface area contributed by atoms with Crippen LogP contribution < -0.4 is 4.72 Å². The second-order valence-corrected chi connectivity index (χ2v) is 6.80.